The van der Waals surface area contributed by atoms with Crippen molar-refractivity contribution in [2.24, 2.45) is 0 Å². The molecule has 2 N–H and O–H groups in total. The predicted molar refractivity (Wildman–Crippen MR) is 468 cm³/mol. The number of amides is 3. The van der Waals surface area contributed by atoms with Crippen LogP contribution in [0.15, 0.2) is 200 Å². The van der Waals surface area contributed by atoms with Crippen molar-refractivity contribution in [3.8, 4) is 5.75 Å². The number of pyridine rings is 4. The number of rotatable bonds is 49. The summed E-state index contributed by atoms with van der Waals surface area (Å²) in [5, 5.41) is 13.8. The number of carboxylic acid groups (broad SMARTS) is 1. The van der Waals surface area contributed by atoms with Crippen LogP contribution in [0.2, 0.25) is 10.0 Å². The van der Waals surface area contributed by atoms with Gasteiger partial charge in [-0.2, -0.15) is 0 Å². The van der Waals surface area contributed by atoms with Crippen LogP contribution >= 0.6 is 23.2 Å². The van der Waals surface area contributed by atoms with E-state index in [1.54, 1.807) is 24.3 Å². The largest absolute Gasteiger partial charge is 0.494 e. The van der Waals surface area contributed by atoms with Gasteiger partial charge in [0.25, 0.3) is 0 Å². The average molecular weight is 1650 g/mol. The van der Waals surface area contributed by atoms with Gasteiger partial charge >= 0.3 is 5.97 Å². The summed E-state index contributed by atoms with van der Waals surface area (Å²) >= 11 is 12.8. The summed E-state index contributed by atoms with van der Waals surface area (Å²) in [4.78, 5) is 110. The van der Waals surface area contributed by atoms with Gasteiger partial charge in [-0.05, 0) is 188 Å². The highest BCUT2D eigenvalue weighted by Gasteiger charge is 2.45. The summed E-state index contributed by atoms with van der Waals surface area (Å²) in [5.74, 6) is 0.445. The van der Waals surface area contributed by atoms with Crippen LogP contribution in [0.25, 0.3) is 0 Å². The normalized spacial score (nSPS) is 13.7. The molecule has 628 valence electrons. The number of aromatic carboxylic acids is 1. The number of unbranched alkanes of at least 4 members (excludes halogenated alkanes) is 5. The van der Waals surface area contributed by atoms with Gasteiger partial charge < -0.3 is 34.4 Å². The number of aromatic nitrogens is 4. The Labute approximate surface area is 713 Å². The molecule has 0 radical (unpaired) electrons. The highest BCUT2D eigenvalue weighted by atomic mass is 35.5. The number of ether oxygens (including phenoxy) is 3. The average Bonchev–Trinajstić information content (AvgIpc) is 0.775. The van der Waals surface area contributed by atoms with Crippen LogP contribution in [0.3, 0.4) is 0 Å². The summed E-state index contributed by atoms with van der Waals surface area (Å²) in [6.07, 6.45) is 21.5. The molecule has 5 aromatic carbocycles. The molecule has 2 aliphatic carbocycles. The molecule has 0 spiro atoms. The molecule has 2 saturated carbocycles. The lowest BCUT2D eigenvalue weighted by Crippen LogP contribution is -2.48. The number of nitrogens with one attached hydrogen (secondary N) is 1. The summed E-state index contributed by atoms with van der Waals surface area (Å²) in [7, 11) is 0. The van der Waals surface area contributed by atoms with Gasteiger partial charge in [0.05, 0.1) is 65.6 Å². The molecule has 11 rings (SSSR count). The van der Waals surface area contributed by atoms with Gasteiger partial charge in [0.15, 0.2) is 5.78 Å². The molecule has 2 aliphatic rings. The van der Waals surface area contributed by atoms with Crippen molar-refractivity contribution in [1.29, 1.82) is 0 Å². The second-order valence-corrected chi connectivity index (χ2v) is 32.9. The minimum atomic E-state index is -1.01. The van der Waals surface area contributed by atoms with E-state index < -0.39 is 16.8 Å². The van der Waals surface area contributed by atoms with Crippen LogP contribution in [-0.4, -0.2) is 126 Å². The molecular formula is C98H117Cl2N9O10. The van der Waals surface area contributed by atoms with Crippen molar-refractivity contribution in [1.82, 2.24) is 39.5 Å². The molecule has 2 fully saturated rings. The Morgan fingerprint density at radius 3 is 1.46 bits per heavy atom. The molecule has 9 aromatic rings. The van der Waals surface area contributed by atoms with E-state index in [0.717, 1.165) is 165 Å². The maximum absolute atomic E-state index is 15.7. The number of carbonyl (C=O) groups is 6. The number of hydrogen-bond donors (Lipinski definition) is 2. The van der Waals surface area contributed by atoms with Gasteiger partial charge in [-0.1, -0.05) is 192 Å². The minimum Gasteiger partial charge on any atom is -0.494 e. The van der Waals surface area contributed by atoms with Crippen LogP contribution in [0.5, 0.6) is 5.75 Å². The van der Waals surface area contributed by atoms with E-state index in [1.807, 2.05) is 168 Å². The first-order chi connectivity index (χ1) is 58.0. The lowest BCUT2D eigenvalue weighted by molar-refractivity contribution is -0.141. The Hall–Kier alpha value is -9.86. The SMILES string of the molecule is CCCCCC(=O)Cc1cccc(CN(Cc2cc(CN(Cc3ccccn3)Cc3cccc(NC(=O)CCCCC)n3)cc(OCCCCN(Cc3ccc(C(=O)CCCOCCOCCN(Cc4ccc(C(=O)O)cc4)C(=O)C4(c5ccc(Cl)cc5)CCCCC4)cc3)C(=O)C3(c4ccc(Cl)cc4)CCCCC3)c2)Cc2ccccn2)n1. The lowest BCUT2D eigenvalue weighted by atomic mass is 9.68. The number of Topliss-reactive ketones (excluding diaryl/α,β-unsaturated/α-hetero) is 2. The van der Waals surface area contributed by atoms with E-state index in [9.17, 15) is 29.1 Å². The first-order valence-corrected chi connectivity index (χ1v) is 43.7. The third-order valence-corrected chi connectivity index (χ3v) is 23.2. The van der Waals surface area contributed by atoms with Crippen molar-refractivity contribution in [2.45, 2.75) is 225 Å². The number of hydrogen-bond acceptors (Lipinski definition) is 15. The Bertz CT molecular complexity index is 4530. The molecule has 0 atom stereocenters. The van der Waals surface area contributed by atoms with Crippen LogP contribution < -0.4 is 10.1 Å². The fraction of sp³-hybridized carbons (Fsp3) is 0.429. The maximum Gasteiger partial charge on any atom is 0.335 e. The molecule has 3 amide bonds. The quantitative estimate of drug-likeness (QED) is 0.0267. The number of halogens is 2. The summed E-state index contributed by atoms with van der Waals surface area (Å²) in [5.41, 5.74) is 9.22. The molecule has 0 unspecified atom stereocenters. The zero-order valence-corrected chi connectivity index (χ0v) is 70.9. The number of ketones is 2. The zero-order chi connectivity index (χ0) is 83.4. The van der Waals surface area contributed by atoms with E-state index in [1.165, 1.54) is 0 Å². The Morgan fingerprint density at radius 1 is 0.429 bits per heavy atom. The predicted octanol–water partition coefficient (Wildman–Crippen LogP) is 19.9. The second-order valence-electron chi connectivity index (χ2n) is 32.0. The Balaban J connectivity index is 0.755. The number of benzene rings is 5. The second kappa shape index (κ2) is 47.2. The van der Waals surface area contributed by atoms with E-state index >= 15 is 4.79 Å². The molecular weight excluding hydrogens is 1530 g/mol. The topological polar surface area (TPSA) is 227 Å². The number of carboxylic acids is 1. The summed E-state index contributed by atoms with van der Waals surface area (Å²) in [6, 6.07) is 59.8. The maximum atomic E-state index is 15.7. The van der Waals surface area contributed by atoms with Crippen LogP contribution in [0.1, 0.15) is 238 Å². The molecule has 0 bridgehead atoms. The summed E-state index contributed by atoms with van der Waals surface area (Å²) in [6.45, 7) is 10.3. The molecule has 19 nitrogen and oxygen atoms in total. The number of anilines is 1. The van der Waals surface area contributed by atoms with Gasteiger partial charge in [-0.25, -0.2) is 9.78 Å². The molecule has 0 saturated heterocycles. The lowest BCUT2D eigenvalue weighted by Gasteiger charge is -2.40. The smallest absolute Gasteiger partial charge is 0.335 e. The van der Waals surface area contributed by atoms with Crippen molar-refractivity contribution in [3.63, 3.8) is 0 Å². The van der Waals surface area contributed by atoms with Crippen LogP contribution in [0.4, 0.5) is 5.82 Å². The minimum absolute atomic E-state index is 0.00775. The first-order valence-electron chi connectivity index (χ1n) is 42.9. The van der Waals surface area contributed by atoms with Gasteiger partial charge in [-0.3, -0.25) is 48.7 Å². The van der Waals surface area contributed by atoms with Crippen LogP contribution in [0, 0.1) is 0 Å². The number of carbonyl (C=O) groups excluding carboxylic acids is 5. The van der Waals surface area contributed by atoms with Gasteiger partial charge in [0.2, 0.25) is 17.7 Å². The molecule has 4 aromatic heterocycles. The van der Waals surface area contributed by atoms with Crippen molar-refractivity contribution in [3.05, 3.63) is 283 Å². The monoisotopic (exact) mass is 1650 g/mol. The molecule has 21 heteroatoms. The third kappa shape index (κ3) is 28.1. The van der Waals surface area contributed by atoms with Gasteiger partial charge in [-0.15, -0.1) is 0 Å². The van der Waals surface area contributed by atoms with Gasteiger partial charge in [0, 0.05) is 131 Å². The van der Waals surface area contributed by atoms with E-state index in [0.29, 0.717) is 158 Å². The molecule has 119 heavy (non-hydrogen) atoms. The van der Waals surface area contributed by atoms with Gasteiger partial charge in [0.1, 0.15) is 17.4 Å². The summed E-state index contributed by atoms with van der Waals surface area (Å²) < 4.78 is 19.0. The fourth-order valence-electron chi connectivity index (χ4n) is 16.5. The fourth-order valence-corrected chi connectivity index (χ4v) is 16.7. The highest BCUT2D eigenvalue weighted by Crippen LogP contribution is 2.44. The van der Waals surface area contributed by atoms with Crippen LogP contribution in [-0.2, 0) is 98.3 Å². The van der Waals surface area contributed by atoms with Crippen molar-refractivity contribution < 1.29 is 48.1 Å². The third-order valence-electron chi connectivity index (χ3n) is 22.7. The Morgan fingerprint density at radius 2 is 0.924 bits per heavy atom. The van der Waals surface area contributed by atoms with Crippen molar-refractivity contribution in [2.75, 3.05) is 51.4 Å². The molecule has 4 heterocycles. The highest BCUT2D eigenvalue weighted by molar-refractivity contribution is 6.30. The zero-order valence-electron chi connectivity index (χ0n) is 69.4. The standard InChI is InChI=1S/C98H117Cl2N9O10/c1-3-5-9-29-89(110)65-84-26-21-27-87(103-84)72-106(70-85-24-11-17-53-101-85)66-76-62-77(67-107(71-86-25-12-18-54-102-86)73-88-28-22-31-92(104-88)105-93(112)32-10-6-4-2)64-90(63-76)119-58-20-19-55-108(95(115)97(49-13-7-14-50-97)80-41-45-82(99)46-42-80)68-74-33-37-78(38-34-74)91(111)30-23-57-117-60-61-118-59-56-109(69-75-35-39-79(40-36-75)94(113)114)96(116)98(51-15-8-16-52-98)81-43-47-83(100)48-44-81/h11-12,17-18,21-22,24-28,31,33-48,53-54,62-64H,3-10,13-16,19-20,23,29-30,32,49-52,55-61,65-73H2,1-2H3,(H,113,114)(H,104,105,112). The molecule has 0 aliphatic heterocycles. The first kappa shape index (κ1) is 89.9. The number of nitrogens with zero attached hydrogens (tertiary/aromatic N) is 8. The van der Waals surface area contributed by atoms with E-state index in [4.69, 9.17) is 57.3 Å². The van der Waals surface area contributed by atoms with Crippen molar-refractivity contribution >= 4 is 64.3 Å². The Kier molecular flexibility index (Phi) is 35.7. The van der Waals surface area contributed by atoms with E-state index in [-0.39, 0.29) is 47.9 Å². The van der Waals surface area contributed by atoms with E-state index in [2.05, 4.69) is 47.2 Å².